The Morgan fingerprint density at radius 2 is 1.73 bits per heavy atom. The quantitative estimate of drug-likeness (QED) is 0.347. The number of benzene rings is 3. The third-order valence-corrected chi connectivity index (χ3v) is 10.5. The van der Waals surface area contributed by atoms with E-state index in [2.05, 4.69) is 21.8 Å². The number of hydrogen-bond donors (Lipinski definition) is 1. The Labute approximate surface area is 245 Å². The third kappa shape index (κ3) is 5.69. The third-order valence-electron chi connectivity index (χ3n) is 8.64. The van der Waals surface area contributed by atoms with Crippen LogP contribution in [0.25, 0.3) is 0 Å². The number of nitrogens with one attached hydrogen (secondary N) is 1. The van der Waals surface area contributed by atoms with Crippen molar-refractivity contribution >= 4 is 44.8 Å². The first kappa shape index (κ1) is 27.4. The summed E-state index contributed by atoms with van der Waals surface area (Å²) < 4.78 is 35.3. The molecular formula is C31H32Cl2N2O4S. The lowest BCUT2D eigenvalue weighted by Gasteiger charge is -2.40. The number of halogens is 2. The maximum atomic E-state index is 13.4. The predicted octanol–water partition coefficient (Wildman–Crippen LogP) is 6.85. The number of ether oxygens (including phenoxy) is 1. The molecule has 2 unspecified atom stereocenters. The standard InChI is InChI=1S/C31H32Cl2N2O4S/c32-24-8-6-22(7-9-24)31(36)34-40(37,38)26-11-13-30-29(17-26)35(18-20-2-1-3-20)19-28-21(14-15-39-30)4-5-23-16-25(33)10-12-27(23)28/h6-13,16-17,20-21,28H,1-5,14-15,18-19H2,(H,34,36). The first-order valence-corrected chi connectivity index (χ1v) is 16.1. The Balaban J connectivity index is 1.35. The fourth-order valence-electron chi connectivity index (χ4n) is 6.23. The fraction of sp³-hybridized carbons (Fsp3) is 0.387. The number of carbonyl (C=O) groups is 1. The van der Waals surface area contributed by atoms with Crippen LogP contribution in [0.1, 0.15) is 59.5 Å². The van der Waals surface area contributed by atoms with Crippen LogP contribution in [-0.2, 0) is 16.4 Å². The molecule has 2 atom stereocenters. The van der Waals surface area contributed by atoms with E-state index in [0.717, 1.165) is 43.1 Å². The van der Waals surface area contributed by atoms with E-state index < -0.39 is 15.9 Å². The van der Waals surface area contributed by atoms with E-state index in [1.807, 2.05) is 6.07 Å². The van der Waals surface area contributed by atoms with Gasteiger partial charge in [-0.25, -0.2) is 13.1 Å². The molecule has 1 heterocycles. The van der Waals surface area contributed by atoms with Crippen LogP contribution < -0.4 is 14.4 Å². The monoisotopic (exact) mass is 598 g/mol. The molecule has 9 heteroatoms. The molecule has 0 saturated heterocycles. The van der Waals surface area contributed by atoms with E-state index in [9.17, 15) is 13.2 Å². The lowest BCUT2D eigenvalue weighted by molar-refractivity contribution is 0.0981. The molecule has 210 valence electrons. The van der Waals surface area contributed by atoms with E-state index in [1.54, 1.807) is 24.3 Å². The number of fused-ring (bicyclic) bond motifs is 4. The first-order valence-electron chi connectivity index (χ1n) is 13.9. The summed E-state index contributed by atoms with van der Waals surface area (Å²) in [5.41, 5.74) is 3.61. The van der Waals surface area contributed by atoms with Gasteiger partial charge in [0.2, 0.25) is 0 Å². The molecule has 1 amide bonds. The van der Waals surface area contributed by atoms with E-state index in [1.165, 1.54) is 48.6 Å². The van der Waals surface area contributed by atoms with E-state index in [0.29, 0.717) is 35.1 Å². The molecule has 0 spiro atoms. The maximum Gasteiger partial charge on any atom is 0.264 e. The zero-order valence-electron chi connectivity index (χ0n) is 22.1. The van der Waals surface area contributed by atoms with Gasteiger partial charge in [0.05, 0.1) is 17.2 Å². The van der Waals surface area contributed by atoms with Crippen molar-refractivity contribution in [1.29, 1.82) is 0 Å². The molecule has 1 aliphatic heterocycles. The van der Waals surface area contributed by atoms with Crippen LogP contribution in [0.4, 0.5) is 5.69 Å². The summed E-state index contributed by atoms with van der Waals surface area (Å²) in [4.78, 5) is 15.1. The number of sulfonamides is 1. The van der Waals surface area contributed by atoms with Crippen LogP contribution >= 0.6 is 23.2 Å². The second kappa shape index (κ2) is 11.3. The van der Waals surface area contributed by atoms with Crippen LogP contribution in [0.3, 0.4) is 0 Å². The number of anilines is 1. The van der Waals surface area contributed by atoms with Gasteiger partial charge in [-0.15, -0.1) is 0 Å². The highest BCUT2D eigenvalue weighted by molar-refractivity contribution is 7.90. The smallest absolute Gasteiger partial charge is 0.264 e. The molecule has 0 aromatic heterocycles. The van der Waals surface area contributed by atoms with Crippen molar-refractivity contribution in [3.8, 4) is 5.75 Å². The second-order valence-electron chi connectivity index (χ2n) is 11.2. The summed E-state index contributed by atoms with van der Waals surface area (Å²) in [7, 11) is -4.13. The Morgan fingerprint density at radius 1 is 0.950 bits per heavy atom. The number of amides is 1. The minimum absolute atomic E-state index is 0.0300. The van der Waals surface area contributed by atoms with Crippen LogP contribution in [0.15, 0.2) is 65.6 Å². The van der Waals surface area contributed by atoms with Gasteiger partial charge in [0.15, 0.2) is 0 Å². The maximum absolute atomic E-state index is 13.4. The van der Waals surface area contributed by atoms with Gasteiger partial charge < -0.3 is 9.64 Å². The molecule has 1 N–H and O–H groups in total. The molecule has 1 saturated carbocycles. The zero-order chi connectivity index (χ0) is 27.9. The second-order valence-corrected chi connectivity index (χ2v) is 13.7. The summed E-state index contributed by atoms with van der Waals surface area (Å²) in [5.74, 6) is 1.29. The minimum Gasteiger partial charge on any atom is -0.491 e. The van der Waals surface area contributed by atoms with Gasteiger partial charge in [-0.3, -0.25) is 4.79 Å². The molecule has 40 heavy (non-hydrogen) atoms. The molecule has 1 fully saturated rings. The summed E-state index contributed by atoms with van der Waals surface area (Å²) in [6, 6.07) is 17.2. The number of aryl methyl sites for hydroxylation is 1. The average Bonchev–Trinajstić information content (AvgIpc) is 2.97. The summed E-state index contributed by atoms with van der Waals surface area (Å²) in [6.07, 6.45) is 6.57. The largest absolute Gasteiger partial charge is 0.491 e. The predicted molar refractivity (Wildman–Crippen MR) is 158 cm³/mol. The van der Waals surface area contributed by atoms with Crippen LogP contribution in [0.5, 0.6) is 5.75 Å². The Bertz CT molecular complexity index is 1520. The van der Waals surface area contributed by atoms with Crippen molar-refractivity contribution in [2.75, 3.05) is 24.6 Å². The molecule has 0 radical (unpaired) electrons. The van der Waals surface area contributed by atoms with Gasteiger partial charge in [0.25, 0.3) is 15.9 Å². The summed E-state index contributed by atoms with van der Waals surface area (Å²) >= 11 is 12.3. The lowest BCUT2D eigenvalue weighted by atomic mass is 9.73. The van der Waals surface area contributed by atoms with Crippen molar-refractivity contribution in [2.24, 2.45) is 11.8 Å². The summed E-state index contributed by atoms with van der Waals surface area (Å²) in [6.45, 7) is 2.17. The van der Waals surface area contributed by atoms with Gasteiger partial charge in [0.1, 0.15) is 5.75 Å². The fourth-order valence-corrected chi connectivity index (χ4v) is 7.55. The van der Waals surface area contributed by atoms with Crippen LogP contribution in [0.2, 0.25) is 10.0 Å². The lowest BCUT2D eigenvalue weighted by Crippen LogP contribution is -2.38. The molecule has 6 nitrogen and oxygen atoms in total. The van der Waals surface area contributed by atoms with Gasteiger partial charge in [-0.1, -0.05) is 35.7 Å². The minimum atomic E-state index is -4.13. The van der Waals surface area contributed by atoms with Crippen molar-refractivity contribution < 1.29 is 17.9 Å². The molecule has 3 aromatic rings. The van der Waals surface area contributed by atoms with Crippen molar-refractivity contribution in [1.82, 2.24) is 4.72 Å². The Morgan fingerprint density at radius 3 is 2.48 bits per heavy atom. The number of carbonyl (C=O) groups excluding carboxylic acids is 1. The van der Waals surface area contributed by atoms with Crippen molar-refractivity contribution in [3.05, 3.63) is 87.4 Å². The van der Waals surface area contributed by atoms with Crippen molar-refractivity contribution in [3.63, 3.8) is 0 Å². The molecular weight excluding hydrogens is 567 g/mol. The number of hydrogen-bond acceptors (Lipinski definition) is 5. The van der Waals surface area contributed by atoms with E-state index >= 15 is 0 Å². The number of rotatable bonds is 5. The highest BCUT2D eigenvalue weighted by Crippen LogP contribution is 2.44. The Kier molecular flexibility index (Phi) is 7.73. The molecule has 2 aliphatic carbocycles. The van der Waals surface area contributed by atoms with E-state index in [4.69, 9.17) is 27.9 Å². The summed E-state index contributed by atoms with van der Waals surface area (Å²) in [5, 5.41) is 1.23. The van der Waals surface area contributed by atoms with Crippen LogP contribution in [-0.4, -0.2) is 34.0 Å². The molecule has 3 aliphatic rings. The van der Waals surface area contributed by atoms with Crippen molar-refractivity contribution in [2.45, 2.75) is 49.3 Å². The SMILES string of the molecule is O=C(NS(=O)(=O)c1ccc2c(c1)N(CC1CCC1)CC1c3ccc(Cl)cc3CCC1CCO2)c1ccc(Cl)cc1. The van der Waals surface area contributed by atoms with Gasteiger partial charge in [-0.2, -0.15) is 0 Å². The molecule has 0 bridgehead atoms. The van der Waals surface area contributed by atoms with Gasteiger partial charge >= 0.3 is 0 Å². The Hall–Kier alpha value is -2.74. The number of nitrogens with zero attached hydrogens (tertiary/aromatic N) is 1. The zero-order valence-corrected chi connectivity index (χ0v) is 24.4. The topological polar surface area (TPSA) is 75.7 Å². The van der Waals surface area contributed by atoms with Crippen LogP contribution in [0, 0.1) is 11.8 Å². The normalized spacial score (nSPS) is 20.9. The highest BCUT2D eigenvalue weighted by Gasteiger charge is 2.35. The van der Waals surface area contributed by atoms with E-state index in [-0.39, 0.29) is 10.5 Å². The first-order chi connectivity index (χ1) is 19.3. The molecule has 6 rings (SSSR count). The van der Waals surface area contributed by atoms with Gasteiger partial charge in [0, 0.05) is 34.6 Å². The van der Waals surface area contributed by atoms with Gasteiger partial charge in [-0.05, 0) is 110 Å². The molecule has 3 aromatic carbocycles. The highest BCUT2D eigenvalue weighted by atomic mass is 35.5. The average molecular weight is 600 g/mol.